The summed E-state index contributed by atoms with van der Waals surface area (Å²) in [5.74, 6) is 4.40. The Morgan fingerprint density at radius 2 is 1.59 bits per heavy atom. The van der Waals surface area contributed by atoms with Gasteiger partial charge in [-0.2, -0.15) is 0 Å². The zero-order valence-electron chi connectivity index (χ0n) is 24.3. The van der Waals surface area contributed by atoms with Gasteiger partial charge >= 0.3 is 0 Å². The first-order chi connectivity index (χ1) is 16.1. The molecule has 3 fully saturated rings. The van der Waals surface area contributed by atoms with Crippen LogP contribution in [0.5, 0.6) is 0 Å². The van der Waals surface area contributed by atoms with Crippen molar-refractivity contribution in [3.8, 4) is 0 Å². The molecule has 3 unspecified atom stereocenters. The molecule has 0 aromatic carbocycles. The molecule has 7 atom stereocenters. The average molecular weight is 467 g/mol. The maximum Gasteiger partial charge on any atom is -0.0172 e. The van der Waals surface area contributed by atoms with E-state index in [-0.39, 0.29) is 0 Å². The van der Waals surface area contributed by atoms with Gasteiger partial charge in [0.2, 0.25) is 0 Å². The lowest BCUT2D eigenvalue weighted by atomic mass is 9.53. The van der Waals surface area contributed by atoms with E-state index in [0.29, 0.717) is 16.7 Å². The molecule has 194 valence electrons. The van der Waals surface area contributed by atoms with Gasteiger partial charge in [-0.3, -0.25) is 0 Å². The Morgan fingerprint density at radius 1 is 0.882 bits per heavy atom. The summed E-state index contributed by atoms with van der Waals surface area (Å²) in [7, 11) is 0. The van der Waals surface area contributed by atoms with Crippen LogP contribution in [0.25, 0.3) is 0 Å². The Hall–Kier alpha value is -0.780. The van der Waals surface area contributed by atoms with Crippen molar-refractivity contribution in [3.63, 3.8) is 0 Å². The summed E-state index contributed by atoms with van der Waals surface area (Å²) >= 11 is 0. The molecule has 0 spiro atoms. The molecule has 0 aromatic rings. The third-order valence-electron chi connectivity index (χ3n) is 11.2. The zero-order chi connectivity index (χ0) is 24.9. The third kappa shape index (κ3) is 6.31. The molecule has 3 rings (SSSR count). The van der Waals surface area contributed by atoms with Gasteiger partial charge in [0.1, 0.15) is 0 Å². The summed E-state index contributed by atoms with van der Waals surface area (Å²) in [5.41, 5.74) is 5.93. The summed E-state index contributed by atoms with van der Waals surface area (Å²) in [6, 6.07) is 0. The van der Waals surface area contributed by atoms with Crippen LogP contribution >= 0.6 is 0 Å². The molecule has 0 bridgehead atoms. The molecule has 0 aromatic heterocycles. The summed E-state index contributed by atoms with van der Waals surface area (Å²) < 4.78 is 0. The van der Waals surface area contributed by atoms with Crippen molar-refractivity contribution < 1.29 is 0 Å². The SMILES string of the molecule is C/C=C(\CC(C)/C(C)=C\C=C(C)C)C1CC[C@@H]2[C@@H]1CC[C@@H]1CCCC(C)(CC)CCCC[C@]12C. The molecule has 0 N–H and O–H groups in total. The van der Waals surface area contributed by atoms with E-state index < -0.39 is 0 Å². The Bertz CT molecular complexity index is 746. The van der Waals surface area contributed by atoms with Gasteiger partial charge in [-0.25, -0.2) is 0 Å². The molecule has 34 heavy (non-hydrogen) atoms. The van der Waals surface area contributed by atoms with E-state index in [0.717, 1.165) is 23.7 Å². The summed E-state index contributed by atoms with van der Waals surface area (Å²) in [6.45, 7) is 19.3. The molecular formula is C34H58. The Balaban J connectivity index is 1.71. The van der Waals surface area contributed by atoms with Crippen molar-refractivity contribution in [2.45, 2.75) is 139 Å². The number of fused-ring (bicyclic) bond motifs is 3. The van der Waals surface area contributed by atoms with Crippen molar-refractivity contribution >= 4 is 0 Å². The minimum Gasteiger partial charge on any atom is -0.0881 e. The van der Waals surface area contributed by atoms with Gasteiger partial charge in [0.05, 0.1) is 0 Å². The van der Waals surface area contributed by atoms with Crippen LogP contribution in [0.2, 0.25) is 0 Å². The highest BCUT2D eigenvalue weighted by Crippen LogP contribution is 2.61. The predicted octanol–water partition coefficient (Wildman–Crippen LogP) is 11.1. The van der Waals surface area contributed by atoms with E-state index in [4.69, 9.17) is 0 Å². The van der Waals surface area contributed by atoms with Crippen LogP contribution in [0.3, 0.4) is 0 Å². The first kappa shape index (κ1) is 27.8. The third-order valence-corrected chi connectivity index (χ3v) is 11.2. The van der Waals surface area contributed by atoms with Crippen LogP contribution in [0.4, 0.5) is 0 Å². The molecule has 0 saturated heterocycles. The van der Waals surface area contributed by atoms with E-state index in [9.17, 15) is 0 Å². The van der Waals surface area contributed by atoms with E-state index in [2.05, 4.69) is 73.6 Å². The largest absolute Gasteiger partial charge is 0.0881 e. The highest BCUT2D eigenvalue weighted by Gasteiger charge is 2.52. The lowest BCUT2D eigenvalue weighted by molar-refractivity contribution is -0.0146. The molecule has 0 radical (unpaired) electrons. The van der Waals surface area contributed by atoms with Crippen LogP contribution in [-0.2, 0) is 0 Å². The van der Waals surface area contributed by atoms with Gasteiger partial charge in [0.25, 0.3) is 0 Å². The maximum atomic E-state index is 2.75. The summed E-state index contributed by atoms with van der Waals surface area (Å²) in [4.78, 5) is 0. The second kappa shape index (κ2) is 12.0. The monoisotopic (exact) mass is 466 g/mol. The zero-order valence-corrected chi connectivity index (χ0v) is 24.3. The minimum absolute atomic E-state index is 0.599. The Morgan fingerprint density at radius 3 is 2.26 bits per heavy atom. The van der Waals surface area contributed by atoms with Gasteiger partial charge in [0.15, 0.2) is 0 Å². The summed E-state index contributed by atoms with van der Waals surface area (Å²) in [6.07, 6.45) is 26.1. The fraction of sp³-hybridized carbons (Fsp3) is 0.824. The smallest absolute Gasteiger partial charge is 0.0172 e. The molecule has 0 heteroatoms. The minimum atomic E-state index is 0.599. The second-order valence-electron chi connectivity index (χ2n) is 13.6. The van der Waals surface area contributed by atoms with Gasteiger partial charge < -0.3 is 0 Å². The number of hydrogen-bond acceptors (Lipinski definition) is 0. The average Bonchev–Trinajstić information content (AvgIpc) is 3.25. The molecule has 0 nitrogen and oxygen atoms in total. The predicted molar refractivity (Wildman–Crippen MR) is 152 cm³/mol. The number of hydrogen-bond donors (Lipinski definition) is 0. The maximum absolute atomic E-state index is 2.75. The van der Waals surface area contributed by atoms with E-state index in [1.54, 1.807) is 5.57 Å². The van der Waals surface area contributed by atoms with Crippen LogP contribution in [0.1, 0.15) is 139 Å². The van der Waals surface area contributed by atoms with E-state index in [1.807, 2.05) is 0 Å². The lowest BCUT2D eigenvalue weighted by Gasteiger charge is -2.51. The second-order valence-corrected chi connectivity index (χ2v) is 13.6. The number of allylic oxidation sites excluding steroid dienone is 6. The molecular weight excluding hydrogens is 408 g/mol. The van der Waals surface area contributed by atoms with Crippen molar-refractivity contribution in [1.82, 2.24) is 0 Å². The molecule has 3 aliphatic rings. The van der Waals surface area contributed by atoms with Crippen molar-refractivity contribution in [2.24, 2.45) is 40.4 Å². The fourth-order valence-electron chi connectivity index (χ4n) is 8.41. The van der Waals surface area contributed by atoms with Crippen LogP contribution < -0.4 is 0 Å². The molecule has 3 saturated carbocycles. The lowest BCUT2D eigenvalue weighted by Crippen LogP contribution is -2.43. The standard InChI is InChI=1S/C34H58/c1-9-28(24-27(6)26(5)16-15-25(3)4)30-19-20-32-31(30)18-17-29-14-13-22-33(7,10-2)21-11-12-23-34(29,32)8/h9,15-16,27,29-32H,10-14,17-24H2,1-8H3/b26-16-,28-9+/t27?,29-,30?,31+,32+,33?,34+/m0/s1. The quantitative estimate of drug-likeness (QED) is 0.269. The fourth-order valence-corrected chi connectivity index (χ4v) is 8.41. The molecule has 0 aliphatic heterocycles. The summed E-state index contributed by atoms with van der Waals surface area (Å²) in [5, 5.41) is 0. The van der Waals surface area contributed by atoms with Gasteiger partial charge in [-0.15, -0.1) is 0 Å². The Labute approximate surface area is 214 Å². The van der Waals surface area contributed by atoms with Crippen molar-refractivity contribution in [2.75, 3.05) is 0 Å². The molecule has 0 heterocycles. The van der Waals surface area contributed by atoms with Crippen LogP contribution in [0, 0.1) is 40.4 Å². The van der Waals surface area contributed by atoms with Gasteiger partial charge in [-0.1, -0.05) is 88.3 Å². The first-order valence-electron chi connectivity index (χ1n) is 15.1. The van der Waals surface area contributed by atoms with Crippen molar-refractivity contribution in [1.29, 1.82) is 0 Å². The van der Waals surface area contributed by atoms with Crippen molar-refractivity contribution in [3.05, 3.63) is 34.9 Å². The molecule has 3 aliphatic carbocycles. The first-order valence-corrected chi connectivity index (χ1v) is 15.1. The van der Waals surface area contributed by atoms with Crippen LogP contribution in [0.15, 0.2) is 34.9 Å². The van der Waals surface area contributed by atoms with E-state index in [1.165, 1.54) is 94.6 Å². The van der Waals surface area contributed by atoms with Crippen LogP contribution in [-0.4, -0.2) is 0 Å². The highest BCUT2D eigenvalue weighted by molar-refractivity contribution is 5.20. The normalized spacial score (nSPS) is 38.6. The molecule has 0 amide bonds. The van der Waals surface area contributed by atoms with Gasteiger partial charge in [0, 0.05) is 0 Å². The topological polar surface area (TPSA) is 0 Å². The van der Waals surface area contributed by atoms with Gasteiger partial charge in [-0.05, 0) is 126 Å². The highest BCUT2D eigenvalue weighted by atomic mass is 14.6. The number of rotatable bonds is 6. The Kier molecular flexibility index (Phi) is 9.79. The van der Waals surface area contributed by atoms with E-state index >= 15 is 0 Å².